The molecule has 0 bridgehead atoms. The zero-order valence-electron chi connectivity index (χ0n) is 74.9. The van der Waals surface area contributed by atoms with E-state index in [-0.39, 0.29) is 88.9 Å². The summed E-state index contributed by atoms with van der Waals surface area (Å²) >= 11 is 0. The van der Waals surface area contributed by atoms with Crippen LogP contribution in [0.4, 0.5) is 4.79 Å². The molecule has 0 aromatic heterocycles. The number of hydrogen-bond donors (Lipinski definition) is 4. The zero-order chi connectivity index (χ0) is 86.3. The number of nitrogens with one attached hydrogen (secondary N) is 2. The highest BCUT2D eigenvalue weighted by Gasteiger charge is 2.39. The van der Waals surface area contributed by atoms with Crippen molar-refractivity contribution in [3.05, 3.63) is 177 Å². The Hall–Kier alpha value is -7.99. The van der Waals surface area contributed by atoms with Gasteiger partial charge in [-0.3, -0.25) is 43.3 Å². The Morgan fingerprint density at radius 1 is 0.388 bits per heavy atom. The number of amides is 4. The van der Waals surface area contributed by atoms with E-state index in [0.29, 0.717) is 92.9 Å². The average molecular weight is 1600 g/mol. The predicted octanol–water partition coefficient (Wildman–Crippen LogP) is 18.5. The highest BCUT2D eigenvalue weighted by atomic mass is 16.6. The molecule has 0 spiro atoms. The number of rotatable bonds is 32. The number of nitrogens with zero attached hydrogens (tertiary/aromatic N) is 3. The van der Waals surface area contributed by atoms with Crippen molar-refractivity contribution < 1.29 is 47.9 Å². The van der Waals surface area contributed by atoms with Crippen molar-refractivity contribution in [2.75, 3.05) is 26.2 Å². The summed E-state index contributed by atoms with van der Waals surface area (Å²) in [4.78, 5) is 117. The van der Waals surface area contributed by atoms with Crippen LogP contribution in [-0.2, 0) is 75.2 Å². The molecular weight excluding hydrogens is 1450 g/mol. The number of carbonyl (C=O) groups is 9. The number of nitrogens with two attached hydrogens (primary N) is 2. The fourth-order valence-corrected chi connectivity index (χ4v) is 14.6. The number of benzene rings is 5. The zero-order valence-corrected chi connectivity index (χ0v) is 74.9. The molecule has 17 nitrogen and oxygen atoms in total. The van der Waals surface area contributed by atoms with Gasteiger partial charge in [0, 0.05) is 57.7 Å². The minimum atomic E-state index is -0.575. The first kappa shape index (κ1) is 98.6. The Labute approximate surface area is 698 Å². The molecule has 0 aliphatic carbocycles. The third kappa shape index (κ3) is 32.7. The van der Waals surface area contributed by atoms with E-state index in [4.69, 9.17) is 16.2 Å². The summed E-state index contributed by atoms with van der Waals surface area (Å²) in [7, 11) is 0. The smallest absolute Gasteiger partial charge is 0.410 e. The second-order valence-corrected chi connectivity index (χ2v) is 36.5. The number of ketones is 5. The van der Waals surface area contributed by atoms with Gasteiger partial charge in [-0.25, -0.2) is 4.79 Å². The van der Waals surface area contributed by atoms with Crippen LogP contribution in [0.25, 0.3) is 0 Å². The van der Waals surface area contributed by atoms with Crippen LogP contribution in [-0.4, -0.2) is 142 Å². The van der Waals surface area contributed by atoms with Gasteiger partial charge >= 0.3 is 6.09 Å². The summed E-state index contributed by atoms with van der Waals surface area (Å²) in [5, 5.41) is 5.97. The Balaban J connectivity index is 0.000000260. The molecular formula is C99H149N7O10. The topological polar surface area (TPSA) is 249 Å². The van der Waals surface area contributed by atoms with Gasteiger partial charge in [-0.15, -0.1) is 0 Å². The van der Waals surface area contributed by atoms with Gasteiger partial charge in [0.15, 0.2) is 23.1 Å². The molecule has 116 heavy (non-hydrogen) atoms. The minimum absolute atomic E-state index is 0.0167. The Bertz CT molecular complexity index is 3740. The van der Waals surface area contributed by atoms with Crippen LogP contribution in [0.5, 0.6) is 0 Å². The van der Waals surface area contributed by atoms with Crippen molar-refractivity contribution in [1.29, 1.82) is 0 Å². The Kier molecular flexibility index (Phi) is 41.5. The van der Waals surface area contributed by atoms with Gasteiger partial charge in [0.05, 0.1) is 42.3 Å². The van der Waals surface area contributed by atoms with Gasteiger partial charge in [-0.2, -0.15) is 0 Å². The van der Waals surface area contributed by atoms with Crippen molar-refractivity contribution >= 4 is 52.7 Å². The van der Waals surface area contributed by atoms with Crippen molar-refractivity contribution in [3.63, 3.8) is 0 Å². The van der Waals surface area contributed by atoms with Crippen molar-refractivity contribution in [3.8, 4) is 0 Å². The summed E-state index contributed by atoms with van der Waals surface area (Å²) in [6, 6.07) is 40.3. The standard InChI is InChI=1S/C22H33NO2.C21H32N2O2.C21H31NO3.C19H30N2O2.C16H23NO/c1-15(2)17(5)22(25)23-14-6-7-20(23)21(24)13-10-18-8-11-19(12-9-18)16(3)4;1-14(2)17-10-7-16(8-11-17)9-12-19(24)18-6-5-13-23(18)21(25)20(22)15(3)4;1-15(2)17-11-8-16(9-12-17)10-13-19(23)18-7-6-14-22(18)20(24)25-21(3,4)5;1-12(2)16-9-6-15(7-10-16)8-11-17(22)14(5)21-19(23)18(20)13(3)4;1-12(2)14-8-5-13(6-9-14)7-10-16(18)15-4-3-11-17-15/h8-9,11-12,15-17,20H,6-7,10,13-14H2,1-5H3;7-8,10-11,14-15,18,20H,5-6,9,12-13,22H2,1-4H3;8-9,11-12,15,18H,6-7,10,13-14H2,1-5H3;6-7,9-10,12-14,18H,8,11,20H2,1-5H3,(H,21,23);5-6,8-9,12,15,17H,3-4,7,10-11H2,1-2H3/t17-,20-;18-,20-;18-;14-,18-;15-/m00000/s1. The van der Waals surface area contributed by atoms with Crippen molar-refractivity contribution in [2.45, 2.75) is 338 Å². The fourth-order valence-electron chi connectivity index (χ4n) is 14.6. The average Bonchev–Trinajstić information content (AvgIpc) is 1.73. The first-order chi connectivity index (χ1) is 54.7. The quantitative estimate of drug-likeness (QED) is 0.0313. The molecule has 4 amide bonds. The van der Waals surface area contributed by atoms with E-state index < -0.39 is 23.7 Å². The molecule has 0 radical (unpaired) electrons. The van der Waals surface area contributed by atoms with Gasteiger partial charge in [0.25, 0.3) is 0 Å². The van der Waals surface area contributed by atoms with Crippen LogP contribution in [0.15, 0.2) is 121 Å². The molecule has 5 aromatic rings. The molecule has 0 saturated carbocycles. The first-order valence-corrected chi connectivity index (χ1v) is 43.9. The number of carbonyl (C=O) groups excluding carboxylic acids is 9. The predicted molar refractivity (Wildman–Crippen MR) is 473 cm³/mol. The molecule has 0 unspecified atom stereocenters. The summed E-state index contributed by atoms with van der Waals surface area (Å²) in [6.07, 6.45) is 13.1. The Morgan fingerprint density at radius 2 is 0.690 bits per heavy atom. The summed E-state index contributed by atoms with van der Waals surface area (Å²) in [5.41, 5.74) is 23.8. The van der Waals surface area contributed by atoms with E-state index >= 15 is 0 Å². The summed E-state index contributed by atoms with van der Waals surface area (Å²) in [5.74, 6) is 3.78. The number of ether oxygens (including phenoxy) is 1. The van der Waals surface area contributed by atoms with E-state index in [9.17, 15) is 43.2 Å². The number of Topliss-reactive ketones (excluding diaryl/α,β-unsaturated/α-hetero) is 5. The van der Waals surface area contributed by atoms with Crippen LogP contribution in [0.2, 0.25) is 0 Å². The maximum Gasteiger partial charge on any atom is 0.410 e. The fraction of sp³-hybridized carbons (Fsp3) is 0.606. The maximum absolute atomic E-state index is 12.7. The lowest BCUT2D eigenvalue weighted by Crippen LogP contribution is -2.50. The minimum Gasteiger partial charge on any atom is -0.444 e. The van der Waals surface area contributed by atoms with E-state index in [2.05, 4.69) is 215 Å². The molecule has 4 saturated heterocycles. The van der Waals surface area contributed by atoms with Gasteiger partial charge in [0.2, 0.25) is 17.7 Å². The lowest BCUT2D eigenvalue weighted by molar-refractivity contribution is -0.141. The van der Waals surface area contributed by atoms with Gasteiger partial charge in [-0.1, -0.05) is 239 Å². The number of hydrogen-bond acceptors (Lipinski definition) is 13. The van der Waals surface area contributed by atoms with Crippen molar-refractivity contribution in [1.82, 2.24) is 25.3 Å². The summed E-state index contributed by atoms with van der Waals surface area (Å²) < 4.78 is 5.44. The van der Waals surface area contributed by atoms with Crippen LogP contribution >= 0.6 is 0 Å². The third-order valence-electron chi connectivity index (χ3n) is 23.3. The van der Waals surface area contributed by atoms with E-state index in [1.807, 2.05) is 60.3 Å². The van der Waals surface area contributed by atoms with Crippen LogP contribution in [0.1, 0.15) is 314 Å². The van der Waals surface area contributed by atoms with Gasteiger partial charge in [0.1, 0.15) is 11.4 Å². The second-order valence-electron chi connectivity index (χ2n) is 36.5. The van der Waals surface area contributed by atoms with E-state index in [0.717, 1.165) is 95.7 Å². The molecule has 4 aliphatic heterocycles. The van der Waals surface area contributed by atoms with Gasteiger partial charge in [-0.05, 0) is 221 Å². The van der Waals surface area contributed by atoms with Crippen molar-refractivity contribution in [2.24, 2.45) is 35.1 Å². The van der Waals surface area contributed by atoms with Crippen LogP contribution in [0.3, 0.4) is 0 Å². The second kappa shape index (κ2) is 48.8. The molecule has 6 N–H and O–H groups in total. The maximum atomic E-state index is 12.7. The SMILES string of the molecule is CC(C)c1ccc(CCC(=O)[C@@H]2CCCN2)cc1.CC(C)c1ccc(CCC(=O)[C@@H]2CCCN2C(=O)OC(C)(C)C)cc1.CC(C)c1ccc(CCC(=O)[C@@H]2CCCN2C(=O)[C@@H](C)C(C)C)cc1.CC(C)c1ccc(CCC(=O)[C@@H]2CCCN2C(=O)[C@@H](N)C(C)C)cc1.CC(C)c1ccc(CCC(=O)[C@H](C)NC(=O)[C@@H](N)C(C)C)cc1. The molecule has 640 valence electrons. The molecule has 5 aromatic carbocycles. The third-order valence-corrected chi connectivity index (χ3v) is 23.3. The monoisotopic (exact) mass is 1600 g/mol. The first-order valence-electron chi connectivity index (χ1n) is 43.9. The van der Waals surface area contributed by atoms with Gasteiger partial charge < -0.3 is 36.6 Å². The van der Waals surface area contributed by atoms with E-state index in [1.54, 1.807) is 16.7 Å². The van der Waals surface area contributed by atoms with E-state index in [1.165, 1.54) is 50.1 Å². The lowest BCUT2D eigenvalue weighted by atomic mass is 9.95. The molecule has 17 heteroatoms. The molecule has 4 fully saturated rings. The highest BCUT2D eigenvalue weighted by molar-refractivity contribution is 5.93. The largest absolute Gasteiger partial charge is 0.444 e. The molecule has 4 heterocycles. The lowest BCUT2D eigenvalue weighted by Gasteiger charge is -2.28. The molecule has 4 aliphatic rings. The molecule has 8 atom stereocenters. The summed E-state index contributed by atoms with van der Waals surface area (Å²) in [6.45, 7) is 45.8. The van der Waals surface area contributed by atoms with Crippen LogP contribution in [0, 0.1) is 23.7 Å². The normalized spacial score (nSPS) is 17.7. The highest BCUT2D eigenvalue weighted by Crippen LogP contribution is 2.29. The van der Waals surface area contributed by atoms with Crippen LogP contribution < -0.4 is 22.1 Å². The number of likely N-dealkylation sites (tertiary alicyclic amines) is 3. The Morgan fingerprint density at radius 3 is 0.983 bits per heavy atom. The number of aryl methyl sites for hydroxylation is 5. The molecule has 9 rings (SSSR count).